The zero-order valence-corrected chi connectivity index (χ0v) is 12.1. The normalized spacial score (nSPS) is 10.6. The lowest BCUT2D eigenvalue weighted by molar-refractivity contribution is 0.0697. The van der Waals surface area contributed by atoms with Crippen LogP contribution < -0.4 is 0 Å². The first-order chi connectivity index (χ1) is 10.7. The molecule has 0 unspecified atom stereocenters. The second-order valence-electron chi connectivity index (χ2n) is 4.88. The summed E-state index contributed by atoms with van der Waals surface area (Å²) < 4.78 is 1.72. The number of carboxylic acid groups (broad SMARTS) is 1. The van der Waals surface area contributed by atoms with Gasteiger partial charge in [0.05, 0.1) is 11.3 Å². The molecule has 0 spiro atoms. The Hall–Kier alpha value is -2.95. The molecule has 0 aliphatic rings. The molecule has 0 aliphatic carbocycles. The molecule has 5 heteroatoms. The fourth-order valence-electron chi connectivity index (χ4n) is 2.34. The topological polar surface area (TPSA) is 68.0 Å². The van der Waals surface area contributed by atoms with Crippen LogP contribution in [0.3, 0.4) is 0 Å². The molecule has 0 saturated carbocycles. The average molecular weight is 293 g/mol. The molecule has 1 aromatic heterocycles. The van der Waals surface area contributed by atoms with Crippen LogP contribution in [0.15, 0.2) is 54.9 Å². The van der Waals surface area contributed by atoms with Crippen molar-refractivity contribution in [2.24, 2.45) is 0 Å². The second kappa shape index (κ2) is 5.81. The predicted octanol–water partition coefficient (Wildman–Crippen LogP) is 3.19. The summed E-state index contributed by atoms with van der Waals surface area (Å²) in [6.07, 6.45) is 2.55. The monoisotopic (exact) mass is 293 g/mol. The molecule has 0 saturated heterocycles. The molecule has 110 valence electrons. The van der Waals surface area contributed by atoms with Crippen LogP contribution in [-0.4, -0.2) is 25.8 Å². The third-order valence-corrected chi connectivity index (χ3v) is 3.48. The van der Waals surface area contributed by atoms with Crippen LogP contribution >= 0.6 is 0 Å². The van der Waals surface area contributed by atoms with E-state index >= 15 is 0 Å². The molecule has 0 atom stereocenters. The Labute approximate surface area is 127 Å². The molecule has 2 aromatic carbocycles. The number of hydrogen-bond acceptors (Lipinski definition) is 3. The highest BCUT2D eigenvalue weighted by Gasteiger charge is 2.10. The number of benzene rings is 2. The highest BCUT2D eigenvalue weighted by atomic mass is 16.4. The van der Waals surface area contributed by atoms with Gasteiger partial charge in [-0.15, -0.1) is 5.10 Å². The number of carbonyl (C=O) groups is 1. The highest BCUT2D eigenvalue weighted by Crippen LogP contribution is 2.19. The molecule has 0 bridgehead atoms. The summed E-state index contributed by atoms with van der Waals surface area (Å²) in [6, 6.07) is 14.6. The number of carboxylic acids is 1. The van der Waals surface area contributed by atoms with Crippen LogP contribution in [0.2, 0.25) is 0 Å². The van der Waals surface area contributed by atoms with E-state index in [0.717, 1.165) is 12.1 Å². The van der Waals surface area contributed by atoms with Crippen molar-refractivity contribution >= 4 is 5.97 Å². The fourth-order valence-corrected chi connectivity index (χ4v) is 2.34. The third-order valence-electron chi connectivity index (χ3n) is 3.48. The number of hydrogen-bond donors (Lipinski definition) is 1. The minimum atomic E-state index is -0.961. The highest BCUT2D eigenvalue weighted by molar-refractivity contribution is 5.89. The van der Waals surface area contributed by atoms with Crippen LogP contribution in [-0.2, 0) is 6.42 Å². The van der Waals surface area contributed by atoms with Crippen molar-refractivity contribution in [3.63, 3.8) is 0 Å². The van der Waals surface area contributed by atoms with E-state index in [9.17, 15) is 4.79 Å². The summed E-state index contributed by atoms with van der Waals surface area (Å²) in [5.41, 5.74) is 3.08. The molecular formula is C17H15N3O2. The molecule has 0 fully saturated rings. The lowest BCUT2D eigenvalue weighted by Gasteiger charge is -2.06. The van der Waals surface area contributed by atoms with Crippen molar-refractivity contribution in [2.75, 3.05) is 0 Å². The van der Waals surface area contributed by atoms with E-state index in [4.69, 9.17) is 5.11 Å². The van der Waals surface area contributed by atoms with E-state index in [2.05, 4.69) is 23.1 Å². The minimum absolute atomic E-state index is 0.225. The van der Waals surface area contributed by atoms with Gasteiger partial charge in [-0.05, 0) is 30.2 Å². The van der Waals surface area contributed by atoms with Crippen LogP contribution in [0.1, 0.15) is 22.8 Å². The van der Waals surface area contributed by atoms with Gasteiger partial charge in [0.2, 0.25) is 0 Å². The molecule has 0 aliphatic heterocycles. The predicted molar refractivity (Wildman–Crippen MR) is 83.1 cm³/mol. The van der Waals surface area contributed by atoms with Gasteiger partial charge in [0, 0.05) is 5.56 Å². The zero-order valence-electron chi connectivity index (χ0n) is 12.1. The van der Waals surface area contributed by atoms with Crippen molar-refractivity contribution in [2.45, 2.75) is 13.3 Å². The van der Waals surface area contributed by atoms with E-state index in [1.165, 1.54) is 5.56 Å². The van der Waals surface area contributed by atoms with Crippen molar-refractivity contribution < 1.29 is 9.90 Å². The molecule has 5 nitrogen and oxygen atoms in total. The number of aryl methyl sites for hydroxylation is 1. The maximum Gasteiger partial charge on any atom is 0.335 e. The Morgan fingerprint density at radius 2 is 2.00 bits per heavy atom. The molecule has 0 amide bonds. The van der Waals surface area contributed by atoms with Gasteiger partial charge in [-0.3, -0.25) is 0 Å². The second-order valence-corrected chi connectivity index (χ2v) is 4.88. The number of para-hydroxylation sites is 1. The number of aromatic nitrogens is 3. The van der Waals surface area contributed by atoms with Crippen molar-refractivity contribution in [1.82, 2.24) is 14.8 Å². The Morgan fingerprint density at radius 3 is 2.77 bits per heavy atom. The number of nitrogens with zero attached hydrogens (tertiary/aromatic N) is 3. The van der Waals surface area contributed by atoms with Gasteiger partial charge in [-0.1, -0.05) is 37.3 Å². The Balaban J connectivity index is 2.01. The van der Waals surface area contributed by atoms with Crippen molar-refractivity contribution in [3.8, 4) is 17.1 Å². The standard InChI is InChI=1S/C17H15N3O2/c1-2-12-6-3-4-9-15(12)20-11-18-16(19-20)13-7-5-8-14(10-13)17(21)22/h3-11H,2H2,1H3,(H,21,22). The first-order valence-corrected chi connectivity index (χ1v) is 7.02. The van der Waals surface area contributed by atoms with Crippen LogP contribution in [0.4, 0.5) is 0 Å². The van der Waals surface area contributed by atoms with Gasteiger partial charge in [0.1, 0.15) is 6.33 Å². The third kappa shape index (κ3) is 2.61. The van der Waals surface area contributed by atoms with Gasteiger partial charge in [0.15, 0.2) is 5.82 Å². The molecule has 1 heterocycles. The summed E-state index contributed by atoms with van der Waals surface area (Å²) in [7, 11) is 0. The van der Waals surface area contributed by atoms with Crippen LogP contribution in [0.5, 0.6) is 0 Å². The molecule has 0 radical (unpaired) electrons. The SMILES string of the molecule is CCc1ccccc1-n1cnc(-c2cccc(C(=O)O)c2)n1. The summed E-state index contributed by atoms with van der Waals surface area (Å²) in [5.74, 6) is -0.452. The van der Waals surface area contributed by atoms with Crippen molar-refractivity contribution in [1.29, 1.82) is 0 Å². The minimum Gasteiger partial charge on any atom is -0.478 e. The first kappa shape index (κ1) is 14.0. The molecule has 22 heavy (non-hydrogen) atoms. The molecule has 3 rings (SSSR count). The lowest BCUT2D eigenvalue weighted by Crippen LogP contribution is -2.00. The van der Waals surface area contributed by atoms with Gasteiger partial charge >= 0.3 is 5.97 Å². The van der Waals surface area contributed by atoms with Gasteiger partial charge in [-0.25, -0.2) is 14.5 Å². The number of rotatable bonds is 4. The van der Waals surface area contributed by atoms with Gasteiger partial charge in [-0.2, -0.15) is 0 Å². The fraction of sp³-hybridized carbons (Fsp3) is 0.118. The Morgan fingerprint density at radius 1 is 1.18 bits per heavy atom. The van der Waals surface area contributed by atoms with E-state index in [0.29, 0.717) is 11.4 Å². The zero-order chi connectivity index (χ0) is 15.5. The largest absolute Gasteiger partial charge is 0.478 e. The molecule has 3 aromatic rings. The van der Waals surface area contributed by atoms with Crippen LogP contribution in [0, 0.1) is 0 Å². The maximum atomic E-state index is 11.0. The first-order valence-electron chi connectivity index (χ1n) is 7.02. The smallest absolute Gasteiger partial charge is 0.335 e. The molecular weight excluding hydrogens is 278 g/mol. The van der Waals surface area contributed by atoms with Gasteiger partial charge in [0.25, 0.3) is 0 Å². The summed E-state index contributed by atoms with van der Waals surface area (Å²) >= 11 is 0. The average Bonchev–Trinajstić information content (AvgIpc) is 3.04. The van der Waals surface area contributed by atoms with Crippen LogP contribution in [0.25, 0.3) is 17.1 Å². The summed E-state index contributed by atoms with van der Waals surface area (Å²) in [5, 5.41) is 13.5. The summed E-state index contributed by atoms with van der Waals surface area (Å²) in [4.78, 5) is 15.3. The van der Waals surface area contributed by atoms with Crippen molar-refractivity contribution in [3.05, 3.63) is 66.0 Å². The van der Waals surface area contributed by atoms with E-state index < -0.39 is 5.97 Å². The Kier molecular flexibility index (Phi) is 3.70. The van der Waals surface area contributed by atoms with Gasteiger partial charge < -0.3 is 5.11 Å². The number of aromatic carboxylic acids is 1. The molecule has 1 N–H and O–H groups in total. The van der Waals surface area contributed by atoms with E-state index in [1.807, 2.05) is 18.2 Å². The maximum absolute atomic E-state index is 11.0. The van der Waals surface area contributed by atoms with E-state index in [-0.39, 0.29) is 5.56 Å². The lowest BCUT2D eigenvalue weighted by atomic mass is 10.1. The summed E-state index contributed by atoms with van der Waals surface area (Å²) in [6.45, 7) is 2.09. The van der Waals surface area contributed by atoms with E-state index in [1.54, 1.807) is 35.3 Å². The Bertz CT molecular complexity index is 824. The quantitative estimate of drug-likeness (QED) is 0.802.